The maximum Gasteiger partial charge on any atom is 0.305 e. The Kier molecular flexibility index (Phi) is 5.58. The summed E-state index contributed by atoms with van der Waals surface area (Å²) in [4.78, 5) is 0. The summed E-state index contributed by atoms with van der Waals surface area (Å²) in [6.07, 6.45) is 1.27. The Morgan fingerprint density at radius 3 is 1.83 bits per heavy atom. The van der Waals surface area contributed by atoms with Crippen molar-refractivity contribution >= 4 is 7.87 Å². The summed E-state index contributed by atoms with van der Waals surface area (Å²) in [5.41, 5.74) is 0.135. The summed E-state index contributed by atoms with van der Waals surface area (Å²) >= 11 is 0. The Labute approximate surface area is 114 Å². The molecule has 0 amide bonds. The van der Waals surface area contributed by atoms with E-state index < -0.39 is 7.87 Å². The van der Waals surface area contributed by atoms with Crippen molar-refractivity contribution in [3.05, 3.63) is 0 Å². The molecule has 5 heteroatoms. The maximum atomic E-state index is 3.96. The lowest BCUT2D eigenvalue weighted by Crippen LogP contribution is -2.56. The van der Waals surface area contributed by atoms with Crippen LogP contribution in [0, 0.1) is 0 Å². The van der Waals surface area contributed by atoms with Gasteiger partial charge in [0, 0.05) is 45.8 Å². The van der Waals surface area contributed by atoms with Gasteiger partial charge in [-0.15, -0.1) is 19.1 Å². The molecule has 0 aromatic rings. The molecule has 1 heterocycles. The van der Waals surface area contributed by atoms with Crippen LogP contribution in [-0.4, -0.2) is 59.8 Å². The molecule has 18 heavy (non-hydrogen) atoms. The van der Waals surface area contributed by atoms with Gasteiger partial charge in [0.1, 0.15) is 0 Å². The summed E-state index contributed by atoms with van der Waals surface area (Å²) in [5.74, 6) is 0. The first-order valence-electron chi connectivity index (χ1n) is 7.15. The van der Waals surface area contributed by atoms with E-state index in [9.17, 15) is 0 Å². The second kappa shape index (κ2) is 6.15. The van der Waals surface area contributed by atoms with Crippen LogP contribution in [0.5, 0.6) is 0 Å². The minimum Gasteiger partial charge on any atom is -0.140 e. The molecule has 0 saturated carbocycles. The van der Waals surface area contributed by atoms with Crippen molar-refractivity contribution in [2.24, 2.45) is 0 Å². The monoisotopic (exact) mass is 275 g/mol. The third-order valence-corrected chi connectivity index (χ3v) is 8.16. The Morgan fingerprint density at radius 1 is 1.06 bits per heavy atom. The fourth-order valence-corrected chi connectivity index (χ4v) is 7.21. The zero-order valence-corrected chi connectivity index (χ0v) is 14.2. The summed E-state index contributed by atoms with van der Waals surface area (Å²) in [6, 6.07) is 0. The molecule has 0 spiro atoms. The van der Waals surface area contributed by atoms with E-state index in [2.05, 4.69) is 67.8 Å². The van der Waals surface area contributed by atoms with Crippen molar-refractivity contribution in [3.63, 3.8) is 0 Å². The highest BCUT2D eigenvalue weighted by molar-refractivity contribution is 7.67. The van der Waals surface area contributed by atoms with E-state index in [0.29, 0.717) is 0 Å². The van der Waals surface area contributed by atoms with E-state index in [4.69, 9.17) is 0 Å². The highest BCUT2D eigenvalue weighted by atomic mass is 31.2. The average molecular weight is 275 g/mol. The van der Waals surface area contributed by atoms with Crippen LogP contribution < -0.4 is 5.09 Å². The minimum atomic E-state index is -1.55. The Morgan fingerprint density at radius 2 is 1.50 bits per heavy atom. The van der Waals surface area contributed by atoms with Crippen LogP contribution in [0.3, 0.4) is 0 Å². The van der Waals surface area contributed by atoms with E-state index in [1.807, 2.05) is 0 Å². The van der Waals surface area contributed by atoms with Crippen LogP contribution in [0.15, 0.2) is 0 Å². The number of rotatable bonds is 4. The van der Waals surface area contributed by atoms with Crippen LogP contribution in [0.4, 0.5) is 0 Å². The second-order valence-corrected chi connectivity index (χ2v) is 9.48. The van der Waals surface area contributed by atoms with E-state index in [0.717, 1.165) is 13.1 Å². The zero-order valence-electron chi connectivity index (χ0n) is 13.3. The van der Waals surface area contributed by atoms with Crippen molar-refractivity contribution in [2.45, 2.75) is 46.6 Å². The lowest BCUT2D eigenvalue weighted by Gasteiger charge is -2.49. The van der Waals surface area contributed by atoms with Gasteiger partial charge >= 0.3 is 7.87 Å². The average Bonchev–Trinajstić information content (AvgIpc) is 2.25. The largest absolute Gasteiger partial charge is 0.305 e. The molecule has 0 atom stereocenters. The maximum absolute atomic E-state index is 3.96. The van der Waals surface area contributed by atoms with Crippen molar-refractivity contribution in [1.82, 2.24) is 19.1 Å². The van der Waals surface area contributed by atoms with E-state index >= 15 is 0 Å². The first kappa shape index (κ1) is 16.3. The minimum absolute atomic E-state index is 0.135. The van der Waals surface area contributed by atoms with Gasteiger partial charge in [0.15, 0.2) is 0 Å². The predicted molar refractivity (Wildman–Crippen MR) is 82.6 cm³/mol. The SMILES string of the molecule is CCN(CC)[P+]1(NC(C)(C)C)N(C)CCCN1C. The lowest BCUT2D eigenvalue weighted by molar-refractivity contribution is 0.282. The van der Waals surface area contributed by atoms with Crippen LogP contribution in [0.2, 0.25) is 0 Å². The molecule has 0 bridgehead atoms. The quantitative estimate of drug-likeness (QED) is 0.796. The lowest BCUT2D eigenvalue weighted by atomic mass is 10.1. The summed E-state index contributed by atoms with van der Waals surface area (Å²) in [6.45, 7) is 15.9. The normalized spacial score (nSPS) is 22.7. The Bertz CT molecular complexity index is 250. The number of hydrogen-bond donors (Lipinski definition) is 1. The van der Waals surface area contributed by atoms with Gasteiger partial charge in [-0.05, 0) is 41.0 Å². The molecule has 0 aromatic carbocycles. The molecular formula is C13H32N4P+. The molecule has 0 aromatic heterocycles. The van der Waals surface area contributed by atoms with E-state index in [-0.39, 0.29) is 5.54 Å². The summed E-state index contributed by atoms with van der Waals surface area (Å²) in [5, 5.41) is 3.96. The first-order valence-corrected chi connectivity index (χ1v) is 8.79. The van der Waals surface area contributed by atoms with Gasteiger partial charge in [0.05, 0.1) is 0 Å². The van der Waals surface area contributed by atoms with Crippen molar-refractivity contribution in [3.8, 4) is 0 Å². The first-order chi connectivity index (χ1) is 8.28. The third kappa shape index (κ3) is 3.23. The van der Waals surface area contributed by atoms with E-state index in [1.165, 1.54) is 19.5 Å². The molecule has 4 nitrogen and oxygen atoms in total. The van der Waals surface area contributed by atoms with Crippen molar-refractivity contribution < 1.29 is 0 Å². The van der Waals surface area contributed by atoms with Crippen LogP contribution >= 0.6 is 7.87 Å². The topological polar surface area (TPSA) is 21.8 Å². The second-order valence-electron chi connectivity index (χ2n) is 6.19. The predicted octanol–water partition coefficient (Wildman–Crippen LogP) is 2.66. The molecule has 108 valence electrons. The van der Waals surface area contributed by atoms with Gasteiger partial charge in [0.2, 0.25) is 0 Å². The third-order valence-electron chi connectivity index (χ3n) is 3.53. The Balaban J connectivity index is 3.12. The van der Waals surface area contributed by atoms with Gasteiger partial charge in [-0.1, -0.05) is 0 Å². The molecule has 1 fully saturated rings. The van der Waals surface area contributed by atoms with Crippen molar-refractivity contribution in [2.75, 3.05) is 40.3 Å². The smallest absolute Gasteiger partial charge is 0.140 e. The number of hydrogen-bond acceptors (Lipinski definition) is 4. The zero-order chi connectivity index (χ0) is 14.0. The molecule has 0 radical (unpaired) electrons. The van der Waals surface area contributed by atoms with Gasteiger partial charge in [0.25, 0.3) is 0 Å². The summed E-state index contributed by atoms with van der Waals surface area (Å²) < 4.78 is 7.75. The number of nitrogens with zero attached hydrogens (tertiary/aromatic N) is 3. The molecule has 1 saturated heterocycles. The standard InChI is InChI=1S/C13H32N4P/c1-8-17(9-2)18(14-13(3,4)5)15(6)11-10-12-16(18)7/h14H,8-12H2,1-7H3/q+1. The van der Waals surface area contributed by atoms with Crippen LogP contribution in [0.25, 0.3) is 0 Å². The molecule has 0 aliphatic carbocycles. The van der Waals surface area contributed by atoms with Crippen molar-refractivity contribution in [1.29, 1.82) is 0 Å². The summed E-state index contributed by atoms with van der Waals surface area (Å²) in [7, 11) is 3.00. The molecule has 1 rings (SSSR count). The van der Waals surface area contributed by atoms with Crippen LogP contribution in [0.1, 0.15) is 41.0 Å². The van der Waals surface area contributed by atoms with Gasteiger partial charge < -0.3 is 0 Å². The molecule has 1 N–H and O–H groups in total. The van der Waals surface area contributed by atoms with Crippen LogP contribution in [-0.2, 0) is 0 Å². The van der Waals surface area contributed by atoms with Gasteiger partial charge in [-0.3, -0.25) is 0 Å². The van der Waals surface area contributed by atoms with Gasteiger partial charge in [-0.2, -0.15) is 0 Å². The molecule has 1 aliphatic heterocycles. The highest BCUT2D eigenvalue weighted by Gasteiger charge is 2.56. The Hall–Kier alpha value is 0.270. The molecule has 0 unspecified atom stereocenters. The van der Waals surface area contributed by atoms with Gasteiger partial charge in [-0.25, -0.2) is 0 Å². The molecule has 1 aliphatic rings. The fraction of sp³-hybridized carbons (Fsp3) is 1.00. The van der Waals surface area contributed by atoms with E-state index in [1.54, 1.807) is 0 Å². The highest BCUT2D eigenvalue weighted by Crippen LogP contribution is 2.65. The number of nitrogens with one attached hydrogen (secondary N) is 1. The fourth-order valence-electron chi connectivity index (χ4n) is 2.81. The molecular weight excluding hydrogens is 243 g/mol.